The number of carbonyl (C=O) groups excluding carboxylic acids is 1. The summed E-state index contributed by atoms with van der Waals surface area (Å²) in [4.78, 5) is 18.4. The zero-order chi connectivity index (χ0) is 18.8. The summed E-state index contributed by atoms with van der Waals surface area (Å²) in [5, 5.41) is 14.3. The predicted molar refractivity (Wildman–Crippen MR) is 99.2 cm³/mol. The molecule has 0 unspecified atom stereocenters. The first-order valence-corrected chi connectivity index (χ1v) is 8.99. The van der Waals surface area contributed by atoms with E-state index < -0.39 is 0 Å². The van der Waals surface area contributed by atoms with Gasteiger partial charge in [0.05, 0.1) is 0 Å². The van der Waals surface area contributed by atoms with E-state index in [-0.39, 0.29) is 11.6 Å². The third-order valence-electron chi connectivity index (χ3n) is 4.71. The third-order valence-corrected chi connectivity index (χ3v) is 4.71. The molecule has 2 N–H and O–H groups in total. The third kappa shape index (κ3) is 6.45. The maximum atomic E-state index is 12.9. The molecule has 1 heterocycles. The Kier molecular flexibility index (Phi) is 8.03. The molecule has 0 bridgehead atoms. The van der Waals surface area contributed by atoms with Crippen molar-refractivity contribution in [1.29, 1.82) is 5.26 Å². The minimum absolute atomic E-state index is 0.0699. The second-order valence-corrected chi connectivity index (χ2v) is 6.51. The molecule has 1 fully saturated rings. The van der Waals surface area contributed by atoms with E-state index in [1.165, 1.54) is 12.1 Å². The first-order valence-electron chi connectivity index (χ1n) is 8.99. The van der Waals surface area contributed by atoms with Gasteiger partial charge in [-0.2, -0.15) is 5.26 Å². The predicted octanol–water partition coefficient (Wildman–Crippen LogP) is 2.15. The van der Waals surface area contributed by atoms with Gasteiger partial charge in [0.25, 0.3) is 0 Å². The quantitative estimate of drug-likeness (QED) is 0.256. The highest BCUT2D eigenvalue weighted by Gasteiger charge is 2.19. The van der Waals surface area contributed by atoms with Crippen LogP contribution in [0.1, 0.15) is 36.0 Å². The first-order chi connectivity index (χ1) is 12.6. The van der Waals surface area contributed by atoms with Crippen LogP contribution in [0.3, 0.4) is 0 Å². The summed E-state index contributed by atoms with van der Waals surface area (Å²) in [5.41, 5.74) is 0.579. The normalized spacial score (nSPS) is 16.1. The largest absolute Gasteiger partial charge is 0.355 e. The fraction of sp³-hybridized carbons (Fsp3) is 0.526. The van der Waals surface area contributed by atoms with E-state index in [0.717, 1.165) is 45.4 Å². The van der Waals surface area contributed by atoms with Gasteiger partial charge in [0.2, 0.25) is 5.96 Å². The highest BCUT2D eigenvalue weighted by Crippen LogP contribution is 2.17. The number of Topliss-reactive ketones (excluding diaryl/α,β-unsaturated/α-hetero) is 1. The van der Waals surface area contributed by atoms with Crippen LogP contribution in [0.15, 0.2) is 29.3 Å². The zero-order valence-electron chi connectivity index (χ0n) is 15.2. The van der Waals surface area contributed by atoms with Crippen molar-refractivity contribution >= 4 is 11.7 Å². The highest BCUT2D eigenvalue weighted by molar-refractivity contribution is 5.95. The molecule has 0 aromatic heterocycles. The molecule has 2 rings (SSSR count). The Balaban J connectivity index is 1.62. The second kappa shape index (κ2) is 10.5. The number of carbonyl (C=O) groups is 1. The molecule has 6 nitrogen and oxygen atoms in total. The van der Waals surface area contributed by atoms with Crippen molar-refractivity contribution in [2.45, 2.75) is 25.7 Å². The van der Waals surface area contributed by atoms with Crippen LogP contribution in [-0.4, -0.2) is 49.9 Å². The number of guanidine groups is 1. The topological polar surface area (TPSA) is 80.5 Å². The maximum absolute atomic E-state index is 12.9. The number of rotatable bonds is 7. The summed E-state index contributed by atoms with van der Waals surface area (Å²) in [7, 11) is 1.64. The number of halogens is 1. The summed E-state index contributed by atoms with van der Waals surface area (Å²) >= 11 is 0. The lowest BCUT2D eigenvalue weighted by Gasteiger charge is -2.32. The van der Waals surface area contributed by atoms with E-state index in [4.69, 9.17) is 5.26 Å². The molecule has 1 aliphatic rings. The molecule has 1 aliphatic heterocycles. The second-order valence-electron chi connectivity index (χ2n) is 6.51. The van der Waals surface area contributed by atoms with Crippen molar-refractivity contribution in [2.24, 2.45) is 10.9 Å². The van der Waals surface area contributed by atoms with Gasteiger partial charge in [-0.1, -0.05) is 0 Å². The van der Waals surface area contributed by atoms with E-state index in [1.807, 2.05) is 6.19 Å². The Morgan fingerprint density at radius 3 is 2.65 bits per heavy atom. The number of nitrogens with one attached hydrogen (secondary N) is 2. The maximum Gasteiger partial charge on any atom is 0.204 e. The molecule has 1 saturated heterocycles. The standard InChI is InChI=1S/C19H26FN5O/c1-22-19(24-14-21)23-13-15-8-11-25(12-9-15)10-2-3-18(26)16-4-6-17(20)7-5-16/h4-7,15H,2-3,8-13H2,1H3,(H2,22,23,24). The van der Waals surface area contributed by atoms with Crippen LogP contribution >= 0.6 is 0 Å². The number of nitriles is 1. The van der Waals surface area contributed by atoms with Gasteiger partial charge in [0, 0.05) is 25.6 Å². The van der Waals surface area contributed by atoms with Crippen LogP contribution in [0.4, 0.5) is 4.39 Å². The van der Waals surface area contributed by atoms with Crippen LogP contribution in [0.5, 0.6) is 0 Å². The van der Waals surface area contributed by atoms with Gasteiger partial charge in [0.15, 0.2) is 12.0 Å². The number of hydrogen-bond donors (Lipinski definition) is 2. The number of benzene rings is 1. The fourth-order valence-electron chi connectivity index (χ4n) is 3.13. The summed E-state index contributed by atoms with van der Waals surface area (Å²) in [5.74, 6) is 0.818. The van der Waals surface area contributed by atoms with E-state index >= 15 is 0 Å². The average Bonchev–Trinajstić information content (AvgIpc) is 2.66. The average molecular weight is 359 g/mol. The molecule has 0 aliphatic carbocycles. The molecule has 26 heavy (non-hydrogen) atoms. The van der Waals surface area contributed by atoms with Crippen LogP contribution in [0, 0.1) is 23.2 Å². The van der Waals surface area contributed by atoms with Crippen molar-refractivity contribution in [3.63, 3.8) is 0 Å². The number of aliphatic imine (C=N–C) groups is 1. The van der Waals surface area contributed by atoms with Crippen LogP contribution in [-0.2, 0) is 0 Å². The lowest BCUT2D eigenvalue weighted by molar-refractivity contribution is 0.0970. The van der Waals surface area contributed by atoms with E-state index in [9.17, 15) is 9.18 Å². The Morgan fingerprint density at radius 2 is 2.04 bits per heavy atom. The molecular weight excluding hydrogens is 333 g/mol. The lowest BCUT2D eigenvalue weighted by Crippen LogP contribution is -2.41. The Morgan fingerprint density at radius 1 is 1.35 bits per heavy atom. The number of likely N-dealkylation sites (tertiary alicyclic amines) is 1. The summed E-state index contributed by atoms with van der Waals surface area (Å²) < 4.78 is 12.9. The summed E-state index contributed by atoms with van der Waals surface area (Å²) in [6.45, 7) is 3.74. The van der Waals surface area contributed by atoms with Gasteiger partial charge in [-0.15, -0.1) is 0 Å². The van der Waals surface area contributed by atoms with Crippen LogP contribution in [0.25, 0.3) is 0 Å². The van der Waals surface area contributed by atoms with Gasteiger partial charge in [0.1, 0.15) is 5.82 Å². The molecule has 0 saturated carbocycles. The lowest BCUT2D eigenvalue weighted by atomic mass is 9.96. The van der Waals surface area contributed by atoms with Crippen LogP contribution in [0.2, 0.25) is 0 Å². The number of piperidine rings is 1. The van der Waals surface area contributed by atoms with Gasteiger partial charge in [-0.05, 0) is 69.1 Å². The summed E-state index contributed by atoms with van der Waals surface area (Å²) in [6, 6.07) is 5.75. The minimum Gasteiger partial charge on any atom is -0.355 e. The molecule has 140 valence electrons. The molecule has 1 aromatic carbocycles. The number of nitrogens with zero attached hydrogens (tertiary/aromatic N) is 3. The molecule has 7 heteroatoms. The van der Waals surface area contributed by atoms with Crippen molar-refractivity contribution in [3.8, 4) is 6.19 Å². The van der Waals surface area contributed by atoms with Crippen molar-refractivity contribution in [3.05, 3.63) is 35.6 Å². The SMILES string of the molecule is C/N=C(\NC#N)NCC1CCN(CCCC(=O)c2ccc(F)cc2)CC1. The molecule has 0 radical (unpaired) electrons. The Hall–Kier alpha value is -2.46. The van der Waals surface area contributed by atoms with E-state index in [0.29, 0.717) is 23.9 Å². The summed E-state index contributed by atoms with van der Waals surface area (Å²) in [6.07, 6.45) is 5.34. The molecule has 0 spiro atoms. The number of hydrogen-bond acceptors (Lipinski definition) is 4. The van der Waals surface area contributed by atoms with Gasteiger partial charge >= 0.3 is 0 Å². The molecule has 1 aromatic rings. The highest BCUT2D eigenvalue weighted by atomic mass is 19.1. The molecular formula is C19H26FN5O. The van der Waals surface area contributed by atoms with Gasteiger partial charge in [-0.3, -0.25) is 15.1 Å². The number of ketones is 1. The zero-order valence-corrected chi connectivity index (χ0v) is 15.2. The monoisotopic (exact) mass is 359 g/mol. The van der Waals surface area contributed by atoms with Crippen molar-refractivity contribution in [1.82, 2.24) is 15.5 Å². The van der Waals surface area contributed by atoms with Gasteiger partial charge in [-0.25, -0.2) is 4.39 Å². The van der Waals surface area contributed by atoms with Crippen LogP contribution < -0.4 is 10.6 Å². The first kappa shape index (κ1) is 19.9. The van der Waals surface area contributed by atoms with Crippen molar-refractivity contribution < 1.29 is 9.18 Å². The fourth-order valence-corrected chi connectivity index (χ4v) is 3.13. The Labute approximate surface area is 154 Å². The minimum atomic E-state index is -0.320. The molecule has 0 atom stereocenters. The van der Waals surface area contributed by atoms with Crippen molar-refractivity contribution in [2.75, 3.05) is 33.2 Å². The van der Waals surface area contributed by atoms with E-state index in [2.05, 4.69) is 20.5 Å². The van der Waals surface area contributed by atoms with Gasteiger partial charge < -0.3 is 10.2 Å². The smallest absolute Gasteiger partial charge is 0.204 e. The van der Waals surface area contributed by atoms with E-state index in [1.54, 1.807) is 19.2 Å². The molecule has 0 amide bonds. The Bertz CT molecular complexity index is 645.